The maximum atomic E-state index is 13.3. The summed E-state index contributed by atoms with van der Waals surface area (Å²) in [6.45, 7) is 25.0. The van der Waals surface area contributed by atoms with Gasteiger partial charge in [-0.05, 0) is 93.6 Å². The van der Waals surface area contributed by atoms with Crippen LogP contribution in [0.15, 0.2) is 24.3 Å². The number of hydrogen-bond acceptors (Lipinski definition) is 6. The van der Waals surface area contributed by atoms with Crippen LogP contribution >= 0.6 is 0 Å². The summed E-state index contributed by atoms with van der Waals surface area (Å²) in [5.41, 5.74) is 4.51. The Morgan fingerprint density at radius 2 is 0.812 bits per heavy atom. The molecule has 0 heterocycles. The molecule has 2 aromatic carbocycles. The minimum absolute atomic E-state index is 0.210. The number of carbonyl (C=O) groups is 2. The van der Waals surface area contributed by atoms with E-state index in [2.05, 4.69) is 83.1 Å². The quantitative estimate of drug-likeness (QED) is 0.273. The molecule has 3 rings (SSSR count). The fourth-order valence-corrected chi connectivity index (χ4v) is 6.60. The monoisotopic (exact) mass is 664 g/mol. The molecule has 1 aliphatic carbocycles. The molecule has 1 aliphatic rings. The predicted octanol–water partition coefficient (Wildman–Crippen LogP) is 10.0. The Balaban J connectivity index is 1.72. The van der Waals surface area contributed by atoms with Gasteiger partial charge in [0.25, 0.3) is 0 Å². The number of aryl methyl sites for hydroxylation is 2. The maximum absolute atomic E-state index is 13.3. The Morgan fingerprint density at radius 3 is 1.06 bits per heavy atom. The first-order chi connectivity index (χ1) is 22.0. The zero-order valence-corrected chi connectivity index (χ0v) is 32.1. The van der Waals surface area contributed by atoms with Crippen LogP contribution in [0, 0.1) is 0 Å². The average molecular weight is 665 g/mol. The van der Waals surface area contributed by atoms with Gasteiger partial charge in [0.15, 0.2) is 0 Å². The summed E-state index contributed by atoms with van der Waals surface area (Å²) in [6, 6.07) is 8.06. The van der Waals surface area contributed by atoms with Crippen LogP contribution in [0.3, 0.4) is 0 Å². The lowest BCUT2D eigenvalue weighted by molar-refractivity contribution is -0.170. The Kier molecular flexibility index (Phi) is 12.5. The van der Waals surface area contributed by atoms with Crippen molar-refractivity contribution in [1.29, 1.82) is 0 Å². The van der Waals surface area contributed by atoms with Crippen molar-refractivity contribution in [2.45, 2.75) is 181 Å². The summed E-state index contributed by atoms with van der Waals surface area (Å²) in [6.07, 6.45) is 5.82. The Bertz CT molecular complexity index is 1240. The summed E-state index contributed by atoms with van der Waals surface area (Å²) in [5, 5.41) is 22.2. The lowest BCUT2D eigenvalue weighted by Gasteiger charge is -2.29. The minimum atomic E-state index is -0.467. The third-order valence-electron chi connectivity index (χ3n) is 9.51. The molecular weight excluding hydrogens is 600 g/mol. The first-order valence-electron chi connectivity index (χ1n) is 18.1. The van der Waals surface area contributed by atoms with Crippen molar-refractivity contribution in [3.05, 3.63) is 57.6 Å². The van der Waals surface area contributed by atoms with E-state index in [1.165, 1.54) is 0 Å². The molecule has 1 saturated carbocycles. The number of rotatable bonds is 8. The summed E-state index contributed by atoms with van der Waals surface area (Å²) in [5.74, 6) is 0.0704. The van der Waals surface area contributed by atoms with E-state index in [4.69, 9.17) is 9.47 Å². The van der Waals surface area contributed by atoms with Crippen molar-refractivity contribution < 1.29 is 29.3 Å². The van der Waals surface area contributed by atoms with Crippen LogP contribution in [0.4, 0.5) is 0 Å². The second kappa shape index (κ2) is 15.3. The molecule has 6 nitrogen and oxygen atoms in total. The van der Waals surface area contributed by atoms with E-state index in [-0.39, 0.29) is 46.4 Å². The summed E-state index contributed by atoms with van der Waals surface area (Å²) >= 11 is 0. The van der Waals surface area contributed by atoms with Crippen molar-refractivity contribution in [3.8, 4) is 11.5 Å². The van der Waals surface area contributed by atoms with E-state index < -0.39 is 12.2 Å². The maximum Gasteiger partial charge on any atom is 0.306 e. The first kappa shape index (κ1) is 39.4. The van der Waals surface area contributed by atoms with E-state index in [1.807, 2.05) is 24.3 Å². The molecule has 0 bridgehead atoms. The van der Waals surface area contributed by atoms with Gasteiger partial charge >= 0.3 is 11.9 Å². The van der Waals surface area contributed by atoms with Crippen molar-refractivity contribution >= 4 is 11.9 Å². The average Bonchev–Trinajstić information content (AvgIpc) is 2.92. The highest BCUT2D eigenvalue weighted by Gasteiger charge is 2.31. The summed E-state index contributed by atoms with van der Waals surface area (Å²) < 4.78 is 12.1. The number of phenolic OH excluding ortho intramolecular Hbond substituents is 2. The van der Waals surface area contributed by atoms with Gasteiger partial charge in [0, 0.05) is 12.8 Å². The normalized spacial score (nSPS) is 18.2. The molecule has 0 aliphatic heterocycles. The van der Waals surface area contributed by atoms with Gasteiger partial charge in [0.1, 0.15) is 23.7 Å². The van der Waals surface area contributed by atoms with Gasteiger partial charge in [-0.3, -0.25) is 9.59 Å². The van der Waals surface area contributed by atoms with Gasteiger partial charge in [-0.25, -0.2) is 0 Å². The second-order valence-corrected chi connectivity index (χ2v) is 18.1. The number of benzene rings is 2. The largest absolute Gasteiger partial charge is 0.507 e. The third-order valence-corrected chi connectivity index (χ3v) is 9.51. The number of esters is 2. The summed E-state index contributed by atoms with van der Waals surface area (Å²) in [4.78, 5) is 26.6. The van der Waals surface area contributed by atoms with Crippen molar-refractivity contribution in [2.75, 3.05) is 0 Å². The molecule has 2 atom stereocenters. The zero-order valence-electron chi connectivity index (χ0n) is 32.1. The zero-order chi connectivity index (χ0) is 36.2. The topological polar surface area (TPSA) is 93.1 Å². The molecule has 0 aromatic heterocycles. The van der Waals surface area contributed by atoms with Crippen LogP contribution in [0.5, 0.6) is 11.5 Å². The van der Waals surface area contributed by atoms with E-state index in [9.17, 15) is 19.8 Å². The molecule has 0 amide bonds. The van der Waals surface area contributed by atoms with Crippen LogP contribution in [0.25, 0.3) is 0 Å². The Labute approximate surface area is 291 Å². The fraction of sp³-hybridized carbons (Fsp3) is 0.667. The molecule has 0 spiro atoms. The highest BCUT2D eigenvalue weighted by atomic mass is 16.6. The van der Waals surface area contributed by atoms with E-state index >= 15 is 0 Å². The minimum Gasteiger partial charge on any atom is -0.507 e. The molecule has 6 heteroatoms. The fourth-order valence-electron chi connectivity index (χ4n) is 6.60. The number of carbonyl (C=O) groups excluding carboxylic acids is 2. The van der Waals surface area contributed by atoms with Crippen LogP contribution in [-0.4, -0.2) is 34.4 Å². The standard InChI is InChI=1S/C42H64O6/c1-39(2,3)29-23-27(24-30(37(29)45)40(4,5)6)19-21-35(43)47-33-17-15-13-14-16-18-34(33)48-36(44)22-20-28-25-31(41(7,8)9)38(46)32(26-28)42(10,11)12/h23-26,33-34,45-46H,13-22H2,1-12H3. The van der Waals surface area contributed by atoms with Gasteiger partial charge in [-0.15, -0.1) is 0 Å². The lowest BCUT2D eigenvalue weighted by Crippen LogP contribution is -2.36. The molecule has 0 saturated heterocycles. The Hall–Kier alpha value is -3.02. The predicted molar refractivity (Wildman–Crippen MR) is 195 cm³/mol. The lowest BCUT2D eigenvalue weighted by atomic mass is 9.78. The van der Waals surface area contributed by atoms with Gasteiger partial charge in [0.05, 0.1) is 0 Å². The van der Waals surface area contributed by atoms with E-state index in [1.54, 1.807) is 0 Å². The highest BCUT2D eigenvalue weighted by molar-refractivity contribution is 5.71. The van der Waals surface area contributed by atoms with Crippen molar-refractivity contribution in [2.24, 2.45) is 0 Å². The van der Waals surface area contributed by atoms with E-state index in [0.29, 0.717) is 37.2 Å². The molecule has 2 N–H and O–H groups in total. The van der Waals surface area contributed by atoms with Crippen molar-refractivity contribution in [1.82, 2.24) is 0 Å². The summed E-state index contributed by atoms with van der Waals surface area (Å²) in [7, 11) is 0. The van der Waals surface area contributed by atoms with Crippen LogP contribution in [0.2, 0.25) is 0 Å². The molecule has 48 heavy (non-hydrogen) atoms. The van der Waals surface area contributed by atoms with Gasteiger partial charge in [-0.1, -0.05) is 120 Å². The highest BCUT2D eigenvalue weighted by Crippen LogP contribution is 2.41. The van der Waals surface area contributed by atoms with Crippen LogP contribution in [-0.2, 0) is 53.6 Å². The first-order valence-corrected chi connectivity index (χ1v) is 18.1. The van der Waals surface area contributed by atoms with Crippen LogP contribution in [0.1, 0.15) is 168 Å². The van der Waals surface area contributed by atoms with E-state index in [0.717, 1.165) is 59.1 Å². The molecule has 2 unspecified atom stereocenters. The van der Waals surface area contributed by atoms with Gasteiger partial charge < -0.3 is 19.7 Å². The molecule has 2 aromatic rings. The van der Waals surface area contributed by atoms with Crippen molar-refractivity contribution in [3.63, 3.8) is 0 Å². The van der Waals surface area contributed by atoms with Gasteiger partial charge in [0.2, 0.25) is 0 Å². The Morgan fingerprint density at radius 1 is 0.542 bits per heavy atom. The number of ether oxygens (including phenoxy) is 2. The SMILES string of the molecule is CC(C)(C)c1cc(CCC(=O)OC2CCCCCCC2OC(=O)CCc2cc(C(C)(C)C)c(O)c(C(C)(C)C)c2)cc(C(C)(C)C)c1O. The molecule has 0 radical (unpaired) electrons. The van der Waals surface area contributed by atoms with Gasteiger partial charge in [-0.2, -0.15) is 0 Å². The molecule has 268 valence electrons. The molecular formula is C42H64O6. The third kappa shape index (κ3) is 10.7. The van der Waals surface area contributed by atoms with Crippen LogP contribution < -0.4 is 0 Å². The molecule has 1 fully saturated rings. The smallest absolute Gasteiger partial charge is 0.306 e. The number of hydrogen-bond donors (Lipinski definition) is 2. The number of aromatic hydroxyl groups is 2. The number of phenols is 2. The second-order valence-electron chi connectivity index (χ2n) is 18.1.